The van der Waals surface area contributed by atoms with E-state index < -0.39 is 11.9 Å². The molecule has 0 unspecified atom stereocenters. The Morgan fingerprint density at radius 1 is 1.14 bits per heavy atom. The lowest BCUT2D eigenvalue weighted by molar-refractivity contribution is -0.119. The van der Waals surface area contributed by atoms with E-state index in [1.54, 1.807) is 24.3 Å². The molecule has 0 atom stereocenters. The number of benzene rings is 2. The monoisotopic (exact) mass is 402 g/mol. The Kier molecular flexibility index (Phi) is 7.03. The minimum absolute atomic E-state index is 0.361. The molecule has 0 saturated carbocycles. The Labute approximate surface area is 169 Å². The van der Waals surface area contributed by atoms with Gasteiger partial charge in [-0.25, -0.2) is 4.79 Å². The molecule has 0 radical (unpaired) electrons. The molecule has 1 aliphatic heterocycles. The van der Waals surface area contributed by atoms with E-state index in [4.69, 9.17) is 21.1 Å². The first kappa shape index (κ1) is 20.3. The highest BCUT2D eigenvalue weighted by Crippen LogP contribution is 2.20. The quantitative estimate of drug-likeness (QED) is 0.751. The van der Waals surface area contributed by atoms with Gasteiger partial charge in [-0.1, -0.05) is 29.8 Å². The van der Waals surface area contributed by atoms with Gasteiger partial charge in [0.1, 0.15) is 0 Å². The third-order valence-corrected chi connectivity index (χ3v) is 4.74. The largest absolute Gasteiger partial charge is 0.452 e. The first-order chi connectivity index (χ1) is 13.5. The molecule has 7 heteroatoms. The number of carbonyl (C=O) groups excluding carboxylic acids is 2. The van der Waals surface area contributed by atoms with E-state index in [9.17, 15) is 9.59 Å². The van der Waals surface area contributed by atoms with Crippen molar-refractivity contribution in [2.75, 3.05) is 38.2 Å². The summed E-state index contributed by atoms with van der Waals surface area (Å²) in [6.07, 6.45) is 0. The summed E-state index contributed by atoms with van der Waals surface area (Å²) >= 11 is 5.94. The van der Waals surface area contributed by atoms with Gasteiger partial charge in [0.25, 0.3) is 5.91 Å². The molecule has 2 aromatic carbocycles. The van der Waals surface area contributed by atoms with E-state index in [0.717, 1.165) is 44.0 Å². The average molecular weight is 403 g/mol. The molecular formula is C21H23ClN2O4. The van der Waals surface area contributed by atoms with Crippen LogP contribution in [-0.2, 0) is 20.8 Å². The summed E-state index contributed by atoms with van der Waals surface area (Å²) in [5.74, 6) is -0.946. The Hall–Kier alpha value is -2.41. The Balaban J connectivity index is 1.48. The lowest BCUT2D eigenvalue weighted by Crippen LogP contribution is -2.35. The third-order valence-electron chi connectivity index (χ3n) is 4.51. The highest BCUT2D eigenvalue weighted by molar-refractivity contribution is 6.31. The normalized spacial score (nSPS) is 14.5. The van der Waals surface area contributed by atoms with Crippen molar-refractivity contribution in [3.63, 3.8) is 0 Å². The number of nitrogens with zero attached hydrogens (tertiary/aromatic N) is 1. The highest BCUT2D eigenvalue weighted by atomic mass is 35.5. The van der Waals surface area contributed by atoms with E-state index in [0.29, 0.717) is 16.3 Å². The zero-order chi connectivity index (χ0) is 19.9. The second-order valence-corrected chi connectivity index (χ2v) is 7.11. The van der Waals surface area contributed by atoms with Crippen LogP contribution in [0.4, 0.5) is 5.69 Å². The van der Waals surface area contributed by atoms with Gasteiger partial charge < -0.3 is 14.8 Å². The Morgan fingerprint density at radius 3 is 2.57 bits per heavy atom. The summed E-state index contributed by atoms with van der Waals surface area (Å²) in [4.78, 5) is 26.5. The molecule has 1 aliphatic rings. The number of ether oxygens (including phenoxy) is 2. The van der Waals surface area contributed by atoms with Crippen LogP contribution in [0.15, 0.2) is 42.5 Å². The average Bonchev–Trinajstić information content (AvgIpc) is 2.70. The number of nitrogens with one attached hydrogen (secondary N) is 1. The number of hydrogen-bond donors (Lipinski definition) is 1. The SMILES string of the molecule is Cc1ccc(Cl)cc1NC(=O)COC(=O)c1ccc(CN2CCOCC2)cc1. The van der Waals surface area contributed by atoms with Gasteiger partial charge in [0.05, 0.1) is 18.8 Å². The van der Waals surface area contributed by atoms with Crippen molar-refractivity contribution < 1.29 is 19.1 Å². The standard InChI is InChI=1S/C21H23ClN2O4/c1-15-2-7-18(22)12-19(15)23-20(25)14-28-21(26)17-5-3-16(4-6-17)13-24-8-10-27-11-9-24/h2-7,12H,8-11,13-14H2,1H3,(H,23,25). The fourth-order valence-electron chi connectivity index (χ4n) is 2.89. The minimum Gasteiger partial charge on any atom is -0.452 e. The number of carbonyl (C=O) groups is 2. The van der Waals surface area contributed by atoms with Crippen molar-refractivity contribution >= 4 is 29.2 Å². The van der Waals surface area contributed by atoms with Crippen LogP contribution in [0.1, 0.15) is 21.5 Å². The fraction of sp³-hybridized carbons (Fsp3) is 0.333. The summed E-state index contributed by atoms with van der Waals surface area (Å²) in [6.45, 7) is 5.63. The summed E-state index contributed by atoms with van der Waals surface area (Å²) in [5.41, 5.74) is 3.01. The van der Waals surface area contributed by atoms with Crippen molar-refractivity contribution in [1.29, 1.82) is 0 Å². The molecule has 148 valence electrons. The molecule has 1 fully saturated rings. The number of rotatable bonds is 6. The number of aryl methyl sites for hydroxylation is 1. The van der Waals surface area contributed by atoms with Gasteiger partial charge in [-0.3, -0.25) is 9.69 Å². The molecule has 1 amide bonds. The van der Waals surface area contributed by atoms with Gasteiger partial charge in [-0.2, -0.15) is 0 Å². The first-order valence-electron chi connectivity index (χ1n) is 9.13. The van der Waals surface area contributed by atoms with Gasteiger partial charge in [-0.15, -0.1) is 0 Å². The molecule has 28 heavy (non-hydrogen) atoms. The van der Waals surface area contributed by atoms with Crippen LogP contribution in [0.5, 0.6) is 0 Å². The molecule has 0 spiro atoms. The smallest absolute Gasteiger partial charge is 0.338 e. The van der Waals surface area contributed by atoms with Gasteiger partial charge in [0.2, 0.25) is 0 Å². The van der Waals surface area contributed by atoms with Crippen molar-refractivity contribution in [1.82, 2.24) is 4.90 Å². The first-order valence-corrected chi connectivity index (χ1v) is 9.51. The van der Waals surface area contributed by atoms with Gasteiger partial charge in [-0.05, 0) is 42.3 Å². The number of halogens is 1. The summed E-state index contributed by atoms with van der Waals surface area (Å²) in [5, 5.41) is 3.22. The molecule has 1 saturated heterocycles. The molecule has 1 N–H and O–H groups in total. The van der Waals surface area contributed by atoms with Crippen LogP contribution in [0.3, 0.4) is 0 Å². The van der Waals surface area contributed by atoms with Gasteiger partial charge in [0, 0.05) is 30.3 Å². The van der Waals surface area contributed by atoms with E-state index in [1.807, 2.05) is 25.1 Å². The molecule has 3 rings (SSSR count). The van der Waals surface area contributed by atoms with E-state index in [-0.39, 0.29) is 6.61 Å². The predicted molar refractivity (Wildman–Crippen MR) is 108 cm³/mol. The maximum atomic E-state index is 12.2. The van der Waals surface area contributed by atoms with Crippen LogP contribution in [0.2, 0.25) is 5.02 Å². The molecule has 6 nitrogen and oxygen atoms in total. The highest BCUT2D eigenvalue weighted by Gasteiger charge is 2.13. The third kappa shape index (κ3) is 5.79. The summed E-state index contributed by atoms with van der Waals surface area (Å²) in [6, 6.07) is 12.5. The van der Waals surface area contributed by atoms with Crippen LogP contribution in [0.25, 0.3) is 0 Å². The molecule has 0 aliphatic carbocycles. The number of anilines is 1. The van der Waals surface area contributed by atoms with Crippen LogP contribution < -0.4 is 5.32 Å². The number of amides is 1. The van der Waals surface area contributed by atoms with Gasteiger partial charge >= 0.3 is 5.97 Å². The maximum Gasteiger partial charge on any atom is 0.338 e. The van der Waals surface area contributed by atoms with Gasteiger partial charge in [0.15, 0.2) is 6.61 Å². The molecular weight excluding hydrogens is 380 g/mol. The van der Waals surface area contributed by atoms with Crippen molar-refractivity contribution in [2.24, 2.45) is 0 Å². The Bertz CT molecular complexity index is 833. The number of hydrogen-bond acceptors (Lipinski definition) is 5. The van der Waals surface area contributed by atoms with E-state index >= 15 is 0 Å². The van der Waals surface area contributed by atoms with E-state index in [1.165, 1.54) is 0 Å². The summed E-state index contributed by atoms with van der Waals surface area (Å²) in [7, 11) is 0. The maximum absolute atomic E-state index is 12.2. The summed E-state index contributed by atoms with van der Waals surface area (Å²) < 4.78 is 10.5. The molecule has 1 heterocycles. The van der Waals surface area contributed by atoms with Crippen molar-refractivity contribution in [3.05, 3.63) is 64.2 Å². The zero-order valence-electron chi connectivity index (χ0n) is 15.7. The topological polar surface area (TPSA) is 67.9 Å². The Morgan fingerprint density at radius 2 is 1.86 bits per heavy atom. The fourth-order valence-corrected chi connectivity index (χ4v) is 3.07. The lowest BCUT2D eigenvalue weighted by Gasteiger charge is -2.26. The van der Waals surface area contributed by atoms with Crippen LogP contribution in [-0.4, -0.2) is 49.7 Å². The molecule has 0 aromatic heterocycles. The minimum atomic E-state index is -0.532. The number of morpholine rings is 1. The zero-order valence-corrected chi connectivity index (χ0v) is 16.5. The van der Waals surface area contributed by atoms with Crippen LogP contribution >= 0.6 is 11.6 Å². The second-order valence-electron chi connectivity index (χ2n) is 6.67. The predicted octanol–water partition coefficient (Wildman–Crippen LogP) is 3.28. The number of esters is 1. The van der Waals surface area contributed by atoms with Crippen LogP contribution in [0, 0.1) is 6.92 Å². The lowest BCUT2D eigenvalue weighted by atomic mass is 10.1. The second kappa shape index (κ2) is 9.68. The van der Waals surface area contributed by atoms with Crippen molar-refractivity contribution in [3.8, 4) is 0 Å². The van der Waals surface area contributed by atoms with Crippen molar-refractivity contribution in [2.45, 2.75) is 13.5 Å². The molecule has 0 bridgehead atoms. The molecule has 2 aromatic rings. The van der Waals surface area contributed by atoms with E-state index in [2.05, 4.69) is 10.2 Å².